The van der Waals surface area contributed by atoms with Gasteiger partial charge in [-0.25, -0.2) is 8.78 Å². The van der Waals surface area contributed by atoms with Crippen LogP contribution in [0.2, 0.25) is 5.02 Å². The molecule has 1 saturated heterocycles. The number of rotatable bonds is 3. The van der Waals surface area contributed by atoms with Crippen molar-refractivity contribution in [3.05, 3.63) is 69.8 Å². The third-order valence-electron chi connectivity index (χ3n) is 6.30. The lowest BCUT2D eigenvalue weighted by atomic mass is 9.60. The minimum absolute atomic E-state index is 0.0313. The van der Waals surface area contributed by atoms with E-state index < -0.39 is 11.7 Å². The summed E-state index contributed by atoms with van der Waals surface area (Å²) in [6.45, 7) is 2.91. The molecule has 2 aliphatic heterocycles. The Labute approximate surface area is 183 Å². The van der Waals surface area contributed by atoms with Gasteiger partial charge in [-0.15, -0.1) is 0 Å². The Kier molecular flexibility index (Phi) is 4.50. The first-order valence-electron chi connectivity index (χ1n) is 9.96. The maximum absolute atomic E-state index is 14.0. The number of hydrazone groups is 1. The van der Waals surface area contributed by atoms with Gasteiger partial charge in [0.25, 0.3) is 5.91 Å². The van der Waals surface area contributed by atoms with Gasteiger partial charge in [-0.2, -0.15) is 5.01 Å². The highest BCUT2D eigenvalue weighted by molar-refractivity contribution is 6.32. The fourth-order valence-electron chi connectivity index (χ4n) is 4.80. The van der Waals surface area contributed by atoms with Crippen molar-refractivity contribution in [2.24, 2.45) is 10.5 Å². The lowest BCUT2D eigenvalue weighted by molar-refractivity contribution is -0.0810. The molecule has 5 rings (SSSR count). The molecule has 0 atom stereocenters. The SMILES string of the molecule is CC1=C(c2cc(F)ccc2Cl)N(C2CC3(C2)CN(C(=O)c2cc(O)ccc2F)C3)N=[C+]1. The number of phenols is 1. The molecule has 1 saturated carbocycles. The van der Waals surface area contributed by atoms with Gasteiger partial charge < -0.3 is 10.0 Å². The molecule has 3 aliphatic rings. The molecule has 31 heavy (non-hydrogen) atoms. The zero-order valence-corrected chi connectivity index (χ0v) is 17.5. The highest BCUT2D eigenvalue weighted by Crippen LogP contribution is 2.53. The molecule has 5 nitrogen and oxygen atoms in total. The van der Waals surface area contributed by atoms with Gasteiger partial charge >= 0.3 is 0 Å². The molecule has 1 aliphatic carbocycles. The number of halogens is 3. The fraction of sp³-hybridized carbons (Fsp3) is 0.304. The number of hydrogen-bond acceptors (Lipinski definition) is 4. The molecular formula is C23H19ClF2N3O2+. The van der Waals surface area contributed by atoms with E-state index in [0.29, 0.717) is 23.7 Å². The van der Waals surface area contributed by atoms with Gasteiger partial charge in [0.2, 0.25) is 17.5 Å². The standard InChI is InChI=1S/C23H18ClF2N3O2/c1-13-10-27-29(21(13)17-6-14(25)2-4-19(17)24)15-8-23(9-15)11-28(12-23)22(31)18-7-16(30)3-5-20(18)26/h2-7,15H,8-9,11-12H2,1H3/p+1. The van der Waals surface area contributed by atoms with Crippen molar-refractivity contribution in [2.45, 2.75) is 25.8 Å². The van der Waals surface area contributed by atoms with Crippen molar-refractivity contribution in [3.63, 3.8) is 0 Å². The summed E-state index contributed by atoms with van der Waals surface area (Å²) in [5.41, 5.74) is 1.97. The Morgan fingerprint density at radius 2 is 1.97 bits per heavy atom. The van der Waals surface area contributed by atoms with Crippen LogP contribution in [0.25, 0.3) is 5.70 Å². The van der Waals surface area contributed by atoms with E-state index in [0.717, 1.165) is 36.2 Å². The lowest BCUT2D eigenvalue weighted by Gasteiger charge is -2.59. The second kappa shape index (κ2) is 7.01. The minimum atomic E-state index is -0.644. The van der Waals surface area contributed by atoms with E-state index in [1.54, 1.807) is 4.90 Å². The van der Waals surface area contributed by atoms with Gasteiger partial charge in [0.05, 0.1) is 16.6 Å². The van der Waals surface area contributed by atoms with Crippen LogP contribution in [0.15, 0.2) is 47.1 Å². The molecule has 2 aromatic carbocycles. The summed E-state index contributed by atoms with van der Waals surface area (Å²) in [5, 5.41) is 16.2. The normalized spacial score (nSPS) is 19.5. The Morgan fingerprint density at radius 1 is 1.23 bits per heavy atom. The van der Waals surface area contributed by atoms with E-state index in [2.05, 4.69) is 11.3 Å². The second-order valence-corrected chi connectivity index (χ2v) is 8.95. The van der Waals surface area contributed by atoms with Crippen LogP contribution in [-0.2, 0) is 0 Å². The first kappa shape index (κ1) is 19.9. The molecule has 1 N–H and O–H groups in total. The maximum Gasteiger partial charge on any atom is 0.257 e. The average molecular weight is 443 g/mol. The molecule has 1 spiro atoms. The van der Waals surface area contributed by atoms with Crippen molar-refractivity contribution >= 4 is 29.4 Å². The molecule has 1 amide bonds. The number of carbonyl (C=O) groups excluding carboxylic acids is 1. The van der Waals surface area contributed by atoms with E-state index in [1.807, 2.05) is 11.9 Å². The predicted molar refractivity (Wildman–Crippen MR) is 113 cm³/mol. The number of benzene rings is 2. The highest BCUT2D eigenvalue weighted by atomic mass is 35.5. The smallest absolute Gasteiger partial charge is 0.257 e. The number of amides is 1. The fourth-order valence-corrected chi connectivity index (χ4v) is 5.00. The zero-order chi connectivity index (χ0) is 21.9. The zero-order valence-electron chi connectivity index (χ0n) is 16.7. The van der Waals surface area contributed by atoms with Gasteiger partial charge in [0.1, 0.15) is 22.9 Å². The molecule has 0 unspecified atom stereocenters. The molecule has 2 fully saturated rings. The van der Waals surface area contributed by atoms with Crippen molar-refractivity contribution in [3.8, 4) is 5.75 Å². The second-order valence-electron chi connectivity index (χ2n) is 8.54. The Bertz CT molecular complexity index is 1150. The molecule has 2 aromatic rings. The van der Waals surface area contributed by atoms with E-state index >= 15 is 0 Å². The van der Waals surface area contributed by atoms with E-state index in [4.69, 9.17) is 11.6 Å². The summed E-state index contributed by atoms with van der Waals surface area (Å²) in [4.78, 5) is 14.2. The van der Waals surface area contributed by atoms with Gasteiger partial charge in [0, 0.05) is 36.6 Å². The van der Waals surface area contributed by atoms with E-state index in [9.17, 15) is 18.7 Å². The maximum atomic E-state index is 14.0. The van der Waals surface area contributed by atoms with Crippen molar-refractivity contribution in [1.82, 2.24) is 9.91 Å². The van der Waals surface area contributed by atoms with Crippen LogP contribution in [0.4, 0.5) is 8.78 Å². The molecule has 0 radical (unpaired) electrons. The molecule has 8 heteroatoms. The summed E-state index contributed by atoms with van der Waals surface area (Å²) in [5.74, 6) is -1.58. The van der Waals surface area contributed by atoms with E-state index in [-0.39, 0.29) is 28.6 Å². The number of nitrogens with zero attached hydrogens (tertiary/aromatic N) is 3. The third kappa shape index (κ3) is 3.25. The van der Waals surface area contributed by atoms with Crippen molar-refractivity contribution in [2.75, 3.05) is 13.1 Å². The summed E-state index contributed by atoms with van der Waals surface area (Å²) >= 11 is 6.31. The molecule has 0 aromatic heterocycles. The topological polar surface area (TPSA) is 56.1 Å². The highest BCUT2D eigenvalue weighted by Gasteiger charge is 2.58. The van der Waals surface area contributed by atoms with Gasteiger partial charge in [-0.3, -0.25) is 4.79 Å². The van der Waals surface area contributed by atoms with Crippen LogP contribution in [0.3, 0.4) is 0 Å². The number of phenolic OH excluding ortho intramolecular Hbond substituents is 1. The van der Waals surface area contributed by atoms with Gasteiger partial charge in [-0.1, -0.05) is 11.6 Å². The van der Waals surface area contributed by atoms with Crippen LogP contribution in [0, 0.1) is 17.0 Å². The average Bonchev–Trinajstić information content (AvgIpc) is 3.04. The van der Waals surface area contributed by atoms with Crippen LogP contribution in [-0.4, -0.2) is 46.3 Å². The molecule has 0 bridgehead atoms. The molecular weight excluding hydrogens is 424 g/mol. The predicted octanol–water partition coefficient (Wildman–Crippen LogP) is 4.54. The summed E-state index contributed by atoms with van der Waals surface area (Å²) in [6.07, 6.45) is 4.56. The van der Waals surface area contributed by atoms with E-state index in [1.165, 1.54) is 24.3 Å². The van der Waals surface area contributed by atoms with Crippen LogP contribution >= 0.6 is 11.6 Å². The summed E-state index contributed by atoms with van der Waals surface area (Å²) in [7, 11) is 0. The van der Waals surface area contributed by atoms with Crippen LogP contribution in [0.5, 0.6) is 5.75 Å². The Balaban J connectivity index is 1.26. The number of aromatic hydroxyl groups is 1. The van der Waals surface area contributed by atoms with Gasteiger partial charge in [0.15, 0.2) is 0 Å². The number of allylic oxidation sites excluding steroid dienone is 1. The quantitative estimate of drug-likeness (QED) is 0.710. The summed E-state index contributed by atoms with van der Waals surface area (Å²) in [6, 6.07) is 7.80. The number of carbonyl (C=O) groups is 1. The van der Waals surface area contributed by atoms with Crippen LogP contribution in [0.1, 0.15) is 35.7 Å². The minimum Gasteiger partial charge on any atom is -0.508 e. The first-order chi connectivity index (χ1) is 14.8. The van der Waals surface area contributed by atoms with Crippen molar-refractivity contribution < 1.29 is 18.7 Å². The van der Waals surface area contributed by atoms with Gasteiger partial charge in [-0.05, 0) is 43.2 Å². The lowest BCUT2D eigenvalue weighted by Crippen LogP contribution is -2.66. The monoisotopic (exact) mass is 442 g/mol. The van der Waals surface area contributed by atoms with Crippen LogP contribution < -0.4 is 0 Å². The number of hydrogen-bond donors (Lipinski definition) is 1. The summed E-state index contributed by atoms with van der Waals surface area (Å²) < 4.78 is 27.8. The molecule has 2 heterocycles. The molecule has 158 valence electrons. The Morgan fingerprint density at radius 3 is 2.71 bits per heavy atom. The Hall–Kier alpha value is -3.02. The largest absolute Gasteiger partial charge is 0.508 e. The third-order valence-corrected chi connectivity index (χ3v) is 6.63. The van der Waals surface area contributed by atoms with Crippen molar-refractivity contribution in [1.29, 1.82) is 0 Å². The number of likely N-dealkylation sites (tertiary alicyclic amines) is 1. The first-order valence-corrected chi connectivity index (χ1v) is 10.3.